The van der Waals surface area contributed by atoms with Crippen molar-refractivity contribution < 1.29 is 4.79 Å². The maximum Gasteiger partial charge on any atom is 0.230 e. The summed E-state index contributed by atoms with van der Waals surface area (Å²) in [4.78, 5) is 20.9. The zero-order valence-corrected chi connectivity index (χ0v) is 8.19. The summed E-state index contributed by atoms with van der Waals surface area (Å²) in [6, 6.07) is 0. The van der Waals surface area contributed by atoms with Crippen LogP contribution < -0.4 is 0 Å². The van der Waals surface area contributed by atoms with E-state index in [4.69, 9.17) is 0 Å². The second-order valence-electron chi connectivity index (χ2n) is 3.38. The van der Waals surface area contributed by atoms with Gasteiger partial charge in [0.05, 0.1) is 6.54 Å². The minimum absolute atomic E-state index is 0.571. The van der Waals surface area contributed by atoms with Crippen molar-refractivity contribution >= 4 is 18.0 Å². The molecule has 0 N–H and O–H groups in total. The molecular weight excluding hydrogens is 178 g/mol. The monoisotopic (exact) mass is 189 g/mol. The van der Waals surface area contributed by atoms with Crippen LogP contribution in [0.4, 0.5) is 0 Å². The first kappa shape index (κ1) is 8.87. The minimum Gasteiger partial charge on any atom is -0.310 e. The van der Waals surface area contributed by atoms with E-state index in [2.05, 4.69) is 9.98 Å². The molecule has 0 atom stereocenters. The van der Waals surface area contributed by atoms with Crippen molar-refractivity contribution in [2.75, 3.05) is 6.54 Å². The summed E-state index contributed by atoms with van der Waals surface area (Å²) in [5.41, 5.74) is 2.69. The summed E-state index contributed by atoms with van der Waals surface area (Å²) in [5.74, 6) is 0.674. The Labute approximate surface area is 82.3 Å². The SMILES string of the molecule is CC1=CC(C)=NC2=NC=C(C=O)CN12. The lowest BCUT2D eigenvalue weighted by atomic mass is 10.2. The second-order valence-corrected chi connectivity index (χ2v) is 3.38. The van der Waals surface area contributed by atoms with E-state index < -0.39 is 0 Å². The van der Waals surface area contributed by atoms with Gasteiger partial charge in [0.15, 0.2) is 0 Å². The third kappa shape index (κ3) is 1.39. The molecule has 0 bridgehead atoms. The standard InChI is InChI=1S/C10H11N3O/c1-7-3-8(2)13-5-9(6-14)4-11-10(13)12-7/h3-4,6H,5H2,1-2H3. The molecule has 2 rings (SSSR count). The molecular formula is C10H11N3O. The number of guanidine groups is 1. The Morgan fingerprint density at radius 2 is 2.29 bits per heavy atom. The van der Waals surface area contributed by atoms with Crippen molar-refractivity contribution in [1.29, 1.82) is 0 Å². The van der Waals surface area contributed by atoms with Crippen molar-refractivity contribution in [2.45, 2.75) is 13.8 Å². The van der Waals surface area contributed by atoms with E-state index in [-0.39, 0.29) is 0 Å². The van der Waals surface area contributed by atoms with E-state index in [1.54, 1.807) is 6.20 Å². The van der Waals surface area contributed by atoms with Crippen molar-refractivity contribution in [1.82, 2.24) is 4.90 Å². The number of hydrogen-bond donors (Lipinski definition) is 0. The smallest absolute Gasteiger partial charge is 0.230 e. The van der Waals surface area contributed by atoms with Gasteiger partial charge < -0.3 is 4.90 Å². The average Bonchev–Trinajstić information content (AvgIpc) is 2.17. The molecule has 0 fully saturated rings. The van der Waals surface area contributed by atoms with Crippen LogP contribution in [-0.2, 0) is 4.79 Å². The zero-order chi connectivity index (χ0) is 10.1. The van der Waals surface area contributed by atoms with Gasteiger partial charge in [-0.1, -0.05) is 0 Å². The topological polar surface area (TPSA) is 45.0 Å². The zero-order valence-electron chi connectivity index (χ0n) is 8.19. The molecule has 2 aliphatic heterocycles. The Kier molecular flexibility index (Phi) is 2.04. The highest BCUT2D eigenvalue weighted by atomic mass is 16.1. The van der Waals surface area contributed by atoms with Gasteiger partial charge in [0, 0.05) is 23.2 Å². The number of aldehydes is 1. The van der Waals surface area contributed by atoms with Crippen LogP contribution in [0.15, 0.2) is 33.5 Å². The Balaban J connectivity index is 2.39. The van der Waals surface area contributed by atoms with Gasteiger partial charge >= 0.3 is 0 Å². The van der Waals surface area contributed by atoms with E-state index in [0.717, 1.165) is 17.7 Å². The molecule has 72 valence electrons. The molecule has 2 heterocycles. The first-order valence-electron chi connectivity index (χ1n) is 4.44. The Morgan fingerprint density at radius 3 is 3.00 bits per heavy atom. The molecule has 0 unspecified atom stereocenters. The Morgan fingerprint density at radius 1 is 1.50 bits per heavy atom. The highest BCUT2D eigenvalue weighted by molar-refractivity contribution is 6.06. The fourth-order valence-corrected chi connectivity index (χ4v) is 1.51. The highest BCUT2D eigenvalue weighted by Gasteiger charge is 2.20. The quantitative estimate of drug-likeness (QED) is 0.580. The molecule has 2 aliphatic rings. The molecule has 0 aromatic carbocycles. The van der Waals surface area contributed by atoms with Crippen LogP contribution >= 0.6 is 0 Å². The van der Waals surface area contributed by atoms with Gasteiger partial charge in [0.25, 0.3) is 0 Å². The molecule has 4 nitrogen and oxygen atoms in total. The minimum atomic E-state index is 0.571. The summed E-state index contributed by atoms with van der Waals surface area (Å²) >= 11 is 0. The first-order valence-corrected chi connectivity index (χ1v) is 4.44. The van der Waals surface area contributed by atoms with Crippen LogP contribution in [0.5, 0.6) is 0 Å². The normalized spacial score (nSPS) is 20.3. The molecule has 0 spiro atoms. The van der Waals surface area contributed by atoms with E-state index in [1.165, 1.54) is 0 Å². The number of hydrogen-bond acceptors (Lipinski definition) is 4. The van der Waals surface area contributed by atoms with Crippen LogP contribution in [0.25, 0.3) is 0 Å². The molecule has 0 saturated heterocycles. The Hall–Kier alpha value is -1.71. The molecule has 0 saturated carbocycles. The number of carbonyl (C=O) groups excluding carboxylic acids is 1. The fourth-order valence-electron chi connectivity index (χ4n) is 1.51. The average molecular weight is 189 g/mol. The summed E-state index contributed by atoms with van der Waals surface area (Å²) in [6.07, 6.45) is 4.39. The Bertz CT molecular complexity index is 402. The van der Waals surface area contributed by atoms with Crippen molar-refractivity contribution in [3.8, 4) is 0 Å². The number of fused-ring (bicyclic) bond motifs is 1. The predicted molar refractivity (Wildman–Crippen MR) is 55.2 cm³/mol. The van der Waals surface area contributed by atoms with Gasteiger partial charge in [-0.15, -0.1) is 0 Å². The van der Waals surface area contributed by atoms with E-state index in [1.807, 2.05) is 24.8 Å². The van der Waals surface area contributed by atoms with Crippen molar-refractivity contribution in [2.24, 2.45) is 9.98 Å². The maximum atomic E-state index is 10.6. The summed E-state index contributed by atoms with van der Waals surface area (Å²) in [7, 11) is 0. The lowest BCUT2D eigenvalue weighted by Crippen LogP contribution is -2.35. The first-order chi connectivity index (χ1) is 6.70. The predicted octanol–water partition coefficient (Wildman–Crippen LogP) is 1.12. The van der Waals surface area contributed by atoms with Gasteiger partial charge in [-0.05, 0) is 19.9 Å². The molecule has 0 aromatic rings. The van der Waals surface area contributed by atoms with Gasteiger partial charge in [0.1, 0.15) is 6.29 Å². The van der Waals surface area contributed by atoms with E-state index in [0.29, 0.717) is 18.1 Å². The summed E-state index contributed by atoms with van der Waals surface area (Å²) in [6.45, 7) is 4.49. The van der Waals surface area contributed by atoms with Crippen LogP contribution in [-0.4, -0.2) is 29.4 Å². The fraction of sp³-hybridized carbons (Fsp3) is 0.300. The van der Waals surface area contributed by atoms with Crippen LogP contribution in [0.1, 0.15) is 13.8 Å². The van der Waals surface area contributed by atoms with Gasteiger partial charge in [-0.25, -0.2) is 9.98 Å². The van der Waals surface area contributed by atoms with Crippen molar-refractivity contribution in [3.05, 3.63) is 23.5 Å². The summed E-state index contributed by atoms with van der Waals surface area (Å²) in [5, 5.41) is 0. The highest BCUT2D eigenvalue weighted by Crippen LogP contribution is 2.17. The van der Waals surface area contributed by atoms with Gasteiger partial charge in [-0.3, -0.25) is 4.79 Å². The third-order valence-electron chi connectivity index (χ3n) is 2.20. The van der Waals surface area contributed by atoms with E-state index in [9.17, 15) is 4.79 Å². The number of rotatable bonds is 1. The largest absolute Gasteiger partial charge is 0.310 e. The molecule has 0 aromatic heterocycles. The summed E-state index contributed by atoms with van der Waals surface area (Å²) < 4.78 is 0. The lowest BCUT2D eigenvalue weighted by molar-refractivity contribution is -0.105. The molecule has 0 aliphatic carbocycles. The molecule has 0 radical (unpaired) electrons. The number of nitrogens with zero attached hydrogens (tertiary/aromatic N) is 3. The number of allylic oxidation sites excluding steroid dienone is 2. The lowest BCUT2D eigenvalue weighted by Gasteiger charge is -2.29. The van der Waals surface area contributed by atoms with Crippen molar-refractivity contribution in [3.63, 3.8) is 0 Å². The maximum absolute atomic E-state index is 10.6. The molecule has 4 heteroatoms. The number of aliphatic imine (C=N–C) groups is 2. The molecule has 0 amide bonds. The second kappa shape index (κ2) is 3.21. The van der Waals surface area contributed by atoms with Gasteiger partial charge in [0.2, 0.25) is 5.96 Å². The third-order valence-corrected chi connectivity index (χ3v) is 2.20. The number of carbonyl (C=O) groups is 1. The van der Waals surface area contributed by atoms with Gasteiger partial charge in [-0.2, -0.15) is 0 Å². The molecule has 14 heavy (non-hydrogen) atoms. The van der Waals surface area contributed by atoms with E-state index >= 15 is 0 Å². The van der Waals surface area contributed by atoms with Crippen LogP contribution in [0.3, 0.4) is 0 Å². The van der Waals surface area contributed by atoms with Crippen LogP contribution in [0.2, 0.25) is 0 Å². The van der Waals surface area contributed by atoms with Crippen LogP contribution in [0, 0.1) is 0 Å².